The van der Waals surface area contributed by atoms with E-state index in [1.807, 2.05) is 0 Å². The first kappa shape index (κ1) is 32.2. The Morgan fingerprint density at radius 3 is 2.58 bits per heavy atom. The first-order chi connectivity index (χ1) is 20.5. The summed E-state index contributed by atoms with van der Waals surface area (Å²) in [5.41, 5.74) is 3.09. The van der Waals surface area contributed by atoms with Crippen LogP contribution in [0.4, 0.5) is 0 Å². The fraction of sp³-hybridized carbons (Fsp3) is 0.718. The van der Waals surface area contributed by atoms with Gasteiger partial charge in [-0.2, -0.15) is 0 Å². The molecule has 9 atom stereocenters. The van der Waals surface area contributed by atoms with Crippen molar-refractivity contribution in [3.63, 3.8) is 0 Å². The maximum Gasteiger partial charge on any atom is 0.331 e. The maximum atomic E-state index is 12.7. The molecule has 4 heteroatoms. The molecule has 3 saturated carbocycles. The molecular formula is C39H58O4. The van der Waals surface area contributed by atoms with Crippen LogP contribution in [0.5, 0.6) is 11.5 Å². The molecule has 0 aliphatic heterocycles. The lowest BCUT2D eigenvalue weighted by molar-refractivity contribution is -0.145. The van der Waals surface area contributed by atoms with Crippen LogP contribution in [-0.2, 0) is 9.53 Å². The van der Waals surface area contributed by atoms with Gasteiger partial charge in [0.2, 0.25) is 0 Å². The normalized spacial score (nSPS) is 35.1. The number of fused-ring (bicyclic) bond motifs is 5. The van der Waals surface area contributed by atoms with E-state index in [2.05, 4.69) is 47.6 Å². The summed E-state index contributed by atoms with van der Waals surface area (Å²) in [7, 11) is 1.52. The van der Waals surface area contributed by atoms with Gasteiger partial charge in [0.15, 0.2) is 11.5 Å². The third-order valence-corrected chi connectivity index (χ3v) is 13.2. The smallest absolute Gasteiger partial charge is 0.331 e. The van der Waals surface area contributed by atoms with E-state index >= 15 is 0 Å². The van der Waals surface area contributed by atoms with Crippen LogP contribution in [0, 0.1) is 52.3 Å². The van der Waals surface area contributed by atoms with Crippen molar-refractivity contribution in [1.29, 1.82) is 0 Å². The summed E-state index contributed by atoms with van der Waals surface area (Å²) in [6.45, 7) is 15.0. The average Bonchev–Trinajstić information content (AvgIpc) is 3.34. The molecule has 0 heterocycles. The van der Waals surface area contributed by atoms with Gasteiger partial charge in [0.25, 0.3) is 0 Å². The van der Waals surface area contributed by atoms with Gasteiger partial charge in [-0.3, -0.25) is 0 Å². The Bertz CT molecular complexity index is 1200. The van der Waals surface area contributed by atoms with Crippen LogP contribution in [0.15, 0.2) is 35.9 Å². The number of phenols is 1. The Labute approximate surface area is 261 Å². The number of aromatic hydroxyl groups is 1. The molecule has 1 aromatic rings. The number of carbonyl (C=O) groups is 1. The zero-order chi connectivity index (χ0) is 30.9. The molecule has 43 heavy (non-hydrogen) atoms. The Morgan fingerprint density at radius 2 is 1.86 bits per heavy atom. The highest BCUT2D eigenvalue weighted by Gasteiger charge is 2.59. The number of rotatable bonds is 10. The van der Waals surface area contributed by atoms with Gasteiger partial charge >= 0.3 is 5.97 Å². The van der Waals surface area contributed by atoms with Crippen LogP contribution in [0.1, 0.15) is 118 Å². The zero-order valence-electron chi connectivity index (χ0n) is 28.0. The van der Waals surface area contributed by atoms with Gasteiger partial charge in [-0.1, -0.05) is 72.1 Å². The van der Waals surface area contributed by atoms with Crippen molar-refractivity contribution in [1.82, 2.24) is 0 Å². The van der Waals surface area contributed by atoms with E-state index in [-0.39, 0.29) is 23.2 Å². The van der Waals surface area contributed by atoms with Crippen molar-refractivity contribution in [2.24, 2.45) is 52.3 Å². The summed E-state index contributed by atoms with van der Waals surface area (Å²) >= 11 is 0. The molecule has 0 aromatic heterocycles. The number of ether oxygens (including phenoxy) is 2. The van der Waals surface area contributed by atoms with Gasteiger partial charge < -0.3 is 14.6 Å². The second kappa shape index (κ2) is 13.0. The quantitative estimate of drug-likeness (QED) is 0.167. The summed E-state index contributed by atoms with van der Waals surface area (Å²) in [6, 6.07) is 5.05. The van der Waals surface area contributed by atoms with Crippen LogP contribution < -0.4 is 4.74 Å². The second-order valence-corrected chi connectivity index (χ2v) is 15.5. The molecule has 0 spiro atoms. The predicted octanol–water partition coefficient (Wildman–Crippen LogP) is 10.0. The van der Waals surface area contributed by atoms with Gasteiger partial charge in [-0.15, -0.1) is 0 Å². The minimum atomic E-state index is -0.298. The van der Waals surface area contributed by atoms with Crippen LogP contribution >= 0.6 is 0 Å². The highest BCUT2D eigenvalue weighted by molar-refractivity contribution is 5.87. The third-order valence-electron chi connectivity index (χ3n) is 13.2. The molecular weight excluding hydrogens is 532 g/mol. The number of hydrogen-bond acceptors (Lipinski definition) is 4. The Morgan fingerprint density at radius 1 is 1.07 bits per heavy atom. The zero-order valence-corrected chi connectivity index (χ0v) is 28.0. The molecule has 1 N–H and O–H groups in total. The number of benzene rings is 1. The first-order valence-electron chi connectivity index (χ1n) is 17.4. The maximum absolute atomic E-state index is 12.7. The van der Waals surface area contributed by atoms with Crippen molar-refractivity contribution in [3.8, 4) is 11.5 Å². The molecule has 3 fully saturated rings. The number of phenolic OH excluding ortho intramolecular Hbond substituents is 1. The van der Waals surface area contributed by atoms with Crippen molar-refractivity contribution in [2.75, 3.05) is 7.11 Å². The molecule has 4 aliphatic carbocycles. The van der Waals surface area contributed by atoms with Crippen LogP contribution in [0.25, 0.3) is 6.08 Å². The molecule has 0 radical (unpaired) electrons. The molecule has 1 aromatic carbocycles. The summed E-state index contributed by atoms with van der Waals surface area (Å²) in [6.07, 6.45) is 19.6. The largest absolute Gasteiger partial charge is 0.504 e. The lowest BCUT2D eigenvalue weighted by Crippen LogP contribution is -2.51. The first-order valence-corrected chi connectivity index (χ1v) is 17.4. The molecule has 6 unspecified atom stereocenters. The molecule has 4 aliphatic rings. The third kappa shape index (κ3) is 6.32. The van der Waals surface area contributed by atoms with Crippen molar-refractivity contribution >= 4 is 12.0 Å². The molecule has 0 bridgehead atoms. The Hall–Kier alpha value is -2.23. The van der Waals surface area contributed by atoms with E-state index in [0.29, 0.717) is 11.2 Å². The molecule has 0 saturated heterocycles. The standard InChI is InChI=1S/C39H58O4/c1-8-28(25(2)3)12-9-26(4)32-15-16-33-31-14-13-29-24-30(19-21-38(29,5)34(31)20-22-39(32,33)6)43-37(41)18-11-27-10-17-35(40)36(23-27)42-7/h10-11,13,17-18,23,25-26,28,30-34,40H,8-9,12,14-16,19-22,24H2,1-7H3/b18-11-/t26?,28?,30?,31?,32-,33?,34?,38+,39-/m1/s1. The monoisotopic (exact) mass is 590 g/mol. The minimum Gasteiger partial charge on any atom is -0.504 e. The van der Waals surface area contributed by atoms with Crippen molar-refractivity contribution < 1.29 is 19.4 Å². The lowest BCUT2D eigenvalue weighted by atomic mass is 9.47. The lowest BCUT2D eigenvalue weighted by Gasteiger charge is -2.58. The SMILES string of the molecule is CCC(CCC(C)[C@H]1CCC2C3CC=C4CC(OC(=O)/C=C\c5ccc(O)c(OC)c5)CC[C@]4(C)C3CC[C@@]21C)C(C)C. The van der Waals surface area contributed by atoms with Crippen LogP contribution in [-0.4, -0.2) is 24.3 Å². The van der Waals surface area contributed by atoms with E-state index in [4.69, 9.17) is 9.47 Å². The van der Waals surface area contributed by atoms with Crippen molar-refractivity contribution in [3.05, 3.63) is 41.5 Å². The number of allylic oxidation sites excluding steroid dienone is 1. The predicted molar refractivity (Wildman–Crippen MR) is 176 cm³/mol. The summed E-state index contributed by atoms with van der Waals surface area (Å²) in [4.78, 5) is 12.7. The van der Waals surface area contributed by atoms with Gasteiger partial charge in [-0.25, -0.2) is 4.79 Å². The molecule has 238 valence electrons. The number of hydrogen-bond donors (Lipinski definition) is 1. The van der Waals surface area contributed by atoms with E-state index < -0.39 is 0 Å². The van der Waals surface area contributed by atoms with Crippen LogP contribution in [0.3, 0.4) is 0 Å². The Balaban J connectivity index is 1.20. The Kier molecular flexibility index (Phi) is 9.74. The molecule has 0 amide bonds. The van der Waals surface area contributed by atoms with E-state index in [0.717, 1.165) is 66.3 Å². The summed E-state index contributed by atoms with van der Waals surface area (Å²) < 4.78 is 11.1. The van der Waals surface area contributed by atoms with E-state index in [1.54, 1.807) is 29.8 Å². The topological polar surface area (TPSA) is 55.8 Å². The van der Waals surface area contributed by atoms with Crippen molar-refractivity contribution in [2.45, 2.75) is 118 Å². The van der Waals surface area contributed by atoms with Crippen LogP contribution in [0.2, 0.25) is 0 Å². The van der Waals surface area contributed by atoms with E-state index in [1.165, 1.54) is 64.6 Å². The number of esters is 1. The average molecular weight is 591 g/mol. The minimum absolute atomic E-state index is 0.0502. The highest BCUT2D eigenvalue weighted by atomic mass is 16.5. The number of carbonyl (C=O) groups excluding carboxylic acids is 1. The summed E-state index contributed by atoms with van der Waals surface area (Å²) in [5, 5.41) is 9.82. The number of methoxy groups -OCH3 is 1. The van der Waals surface area contributed by atoms with Gasteiger partial charge in [0.05, 0.1) is 7.11 Å². The molecule has 5 rings (SSSR count). The van der Waals surface area contributed by atoms with Gasteiger partial charge in [0.1, 0.15) is 6.10 Å². The second-order valence-electron chi connectivity index (χ2n) is 15.5. The van der Waals surface area contributed by atoms with Gasteiger partial charge in [0, 0.05) is 12.5 Å². The highest BCUT2D eigenvalue weighted by Crippen LogP contribution is 2.67. The summed E-state index contributed by atoms with van der Waals surface area (Å²) in [5.74, 6) is 6.01. The molecule has 4 nitrogen and oxygen atoms in total. The van der Waals surface area contributed by atoms with Gasteiger partial charge in [-0.05, 0) is 127 Å². The fourth-order valence-corrected chi connectivity index (χ4v) is 10.6. The fourth-order valence-electron chi connectivity index (χ4n) is 10.6. The van der Waals surface area contributed by atoms with E-state index in [9.17, 15) is 9.90 Å².